The van der Waals surface area contributed by atoms with Crippen molar-refractivity contribution in [1.82, 2.24) is 0 Å². The molecule has 0 amide bonds. The molecule has 0 aromatic heterocycles. The zero-order valence-corrected chi connectivity index (χ0v) is 19.9. The fraction of sp³-hybridized carbons (Fsp3) is 0.609. The van der Waals surface area contributed by atoms with Crippen molar-refractivity contribution in [3.63, 3.8) is 0 Å². The summed E-state index contributed by atoms with van der Waals surface area (Å²) < 4.78 is 12.1. The molecule has 0 radical (unpaired) electrons. The number of halogens is 2. The Morgan fingerprint density at radius 2 is 1.59 bits per heavy atom. The molecule has 0 aliphatic carbocycles. The number of rotatable bonds is 13. The summed E-state index contributed by atoms with van der Waals surface area (Å²) >= 11 is 11.3. The first-order valence-corrected chi connectivity index (χ1v) is 11.1. The molecule has 0 spiro atoms. The van der Waals surface area contributed by atoms with Crippen LogP contribution in [0.15, 0.2) is 27.9 Å². The van der Waals surface area contributed by atoms with Crippen LogP contribution in [0, 0.1) is 5.41 Å². The SMILES string of the molecule is CCc1cc(OCC=C(Cl)Cl)cc(CC)c1OCCCCCON=CC(C)(C)C. The van der Waals surface area contributed by atoms with Gasteiger partial charge in [0.25, 0.3) is 0 Å². The first-order chi connectivity index (χ1) is 13.8. The Labute approximate surface area is 186 Å². The molecule has 1 rings (SSSR count). The van der Waals surface area contributed by atoms with Crippen molar-refractivity contribution < 1.29 is 14.3 Å². The van der Waals surface area contributed by atoms with Crippen LogP contribution in [-0.2, 0) is 17.7 Å². The predicted octanol–water partition coefficient (Wildman–Crippen LogP) is 7.11. The van der Waals surface area contributed by atoms with Crippen LogP contribution in [0.1, 0.15) is 65.0 Å². The van der Waals surface area contributed by atoms with Crippen molar-refractivity contribution in [1.29, 1.82) is 0 Å². The topological polar surface area (TPSA) is 40.0 Å². The highest BCUT2D eigenvalue weighted by Crippen LogP contribution is 2.31. The lowest BCUT2D eigenvalue weighted by molar-refractivity contribution is 0.137. The number of ether oxygens (including phenoxy) is 2. The second-order valence-electron chi connectivity index (χ2n) is 7.93. The van der Waals surface area contributed by atoms with E-state index in [9.17, 15) is 0 Å². The largest absolute Gasteiger partial charge is 0.493 e. The highest BCUT2D eigenvalue weighted by atomic mass is 35.5. The summed E-state index contributed by atoms with van der Waals surface area (Å²) in [6.07, 6.45) is 8.22. The average Bonchev–Trinajstić information content (AvgIpc) is 2.65. The van der Waals surface area contributed by atoms with Gasteiger partial charge in [0.2, 0.25) is 0 Å². The van der Waals surface area contributed by atoms with Gasteiger partial charge in [-0.3, -0.25) is 0 Å². The minimum absolute atomic E-state index is 0.0518. The summed E-state index contributed by atoms with van der Waals surface area (Å²) in [6, 6.07) is 4.07. The van der Waals surface area contributed by atoms with E-state index >= 15 is 0 Å². The number of hydrogen-bond donors (Lipinski definition) is 0. The molecular formula is C23H35Cl2NO3. The van der Waals surface area contributed by atoms with Crippen LogP contribution >= 0.6 is 23.2 Å². The number of hydrogen-bond acceptors (Lipinski definition) is 4. The minimum atomic E-state index is 0.0518. The standard InChI is InChI=1S/C23H35Cl2NO3/c1-6-18-15-20(27-14-11-21(24)25)16-19(7-2)22(18)28-12-9-8-10-13-29-26-17-23(3,4)5/h11,15-17H,6-10,12-14H2,1-5H3. The van der Waals surface area contributed by atoms with Crippen LogP contribution < -0.4 is 9.47 Å². The normalized spacial score (nSPS) is 11.6. The molecule has 6 heteroatoms. The zero-order valence-electron chi connectivity index (χ0n) is 18.4. The molecule has 1 aromatic rings. The van der Waals surface area contributed by atoms with Crippen molar-refractivity contribution in [2.24, 2.45) is 10.6 Å². The lowest BCUT2D eigenvalue weighted by Crippen LogP contribution is -2.06. The van der Waals surface area contributed by atoms with Crippen molar-refractivity contribution in [3.05, 3.63) is 33.8 Å². The Bertz CT molecular complexity index is 638. The molecule has 0 saturated heterocycles. The van der Waals surface area contributed by atoms with E-state index in [1.807, 2.05) is 18.3 Å². The van der Waals surface area contributed by atoms with Crippen molar-refractivity contribution in [3.8, 4) is 11.5 Å². The van der Waals surface area contributed by atoms with Crippen molar-refractivity contribution >= 4 is 29.4 Å². The summed E-state index contributed by atoms with van der Waals surface area (Å²) in [6.45, 7) is 12.2. The van der Waals surface area contributed by atoms with Gasteiger partial charge in [0, 0.05) is 11.6 Å². The molecule has 0 aliphatic heterocycles. The Morgan fingerprint density at radius 1 is 0.966 bits per heavy atom. The van der Waals surface area contributed by atoms with Crippen LogP contribution in [0.5, 0.6) is 11.5 Å². The van der Waals surface area contributed by atoms with Crippen LogP contribution in [0.25, 0.3) is 0 Å². The smallest absolute Gasteiger partial charge is 0.125 e. The number of nitrogens with zero attached hydrogens (tertiary/aromatic N) is 1. The molecular weight excluding hydrogens is 409 g/mol. The van der Waals surface area contributed by atoms with Gasteiger partial charge in [-0.25, -0.2) is 0 Å². The number of oxime groups is 1. The molecule has 0 saturated carbocycles. The quantitative estimate of drug-likeness (QED) is 0.185. The first kappa shape index (κ1) is 25.6. The van der Waals surface area contributed by atoms with Gasteiger partial charge in [-0.15, -0.1) is 0 Å². The number of aryl methyl sites for hydroxylation is 2. The molecule has 0 N–H and O–H groups in total. The highest BCUT2D eigenvalue weighted by molar-refractivity contribution is 6.55. The molecule has 0 fully saturated rings. The van der Waals surface area contributed by atoms with Crippen molar-refractivity contribution in [2.45, 2.75) is 66.7 Å². The molecule has 0 atom stereocenters. The van der Waals surface area contributed by atoms with Gasteiger partial charge in [0.1, 0.15) is 29.2 Å². The lowest BCUT2D eigenvalue weighted by atomic mass is 10.00. The van der Waals surface area contributed by atoms with E-state index in [1.54, 1.807) is 6.08 Å². The Balaban J connectivity index is 2.48. The average molecular weight is 444 g/mol. The van der Waals surface area contributed by atoms with Gasteiger partial charge >= 0.3 is 0 Å². The maximum Gasteiger partial charge on any atom is 0.125 e. The van der Waals surface area contributed by atoms with Gasteiger partial charge in [-0.2, -0.15) is 0 Å². The fourth-order valence-corrected chi connectivity index (χ4v) is 2.71. The van der Waals surface area contributed by atoms with E-state index in [-0.39, 0.29) is 9.91 Å². The van der Waals surface area contributed by atoms with Crippen LogP contribution in [0.4, 0.5) is 0 Å². The Hall–Kier alpha value is -1.39. The predicted molar refractivity (Wildman–Crippen MR) is 124 cm³/mol. The molecule has 29 heavy (non-hydrogen) atoms. The Kier molecular flexibility index (Phi) is 12.2. The zero-order chi connectivity index (χ0) is 21.7. The van der Waals surface area contributed by atoms with Gasteiger partial charge in [0.15, 0.2) is 0 Å². The third-order valence-electron chi connectivity index (χ3n) is 4.11. The van der Waals surface area contributed by atoms with E-state index in [0.29, 0.717) is 19.8 Å². The summed E-state index contributed by atoms with van der Waals surface area (Å²) in [5.41, 5.74) is 2.36. The van der Waals surface area contributed by atoms with E-state index < -0.39 is 0 Å². The third-order valence-corrected chi connectivity index (χ3v) is 4.42. The minimum Gasteiger partial charge on any atom is -0.493 e. The van der Waals surface area contributed by atoms with Crippen LogP contribution in [0.3, 0.4) is 0 Å². The summed E-state index contributed by atoms with van der Waals surface area (Å²) in [7, 11) is 0. The van der Waals surface area contributed by atoms with Crippen LogP contribution in [0.2, 0.25) is 0 Å². The Morgan fingerprint density at radius 3 is 2.14 bits per heavy atom. The highest BCUT2D eigenvalue weighted by Gasteiger charge is 2.11. The van der Waals surface area contributed by atoms with E-state index in [0.717, 1.165) is 54.7 Å². The van der Waals surface area contributed by atoms with Gasteiger partial charge < -0.3 is 14.3 Å². The molecule has 0 heterocycles. The maximum absolute atomic E-state index is 6.14. The molecule has 0 bridgehead atoms. The number of unbranched alkanes of at least 4 members (excludes halogenated alkanes) is 2. The monoisotopic (exact) mass is 443 g/mol. The number of benzene rings is 1. The molecule has 0 aliphatic rings. The van der Waals surface area contributed by atoms with E-state index in [2.05, 4.69) is 39.8 Å². The molecule has 1 aromatic carbocycles. The van der Waals surface area contributed by atoms with E-state index in [1.165, 1.54) is 0 Å². The molecule has 4 nitrogen and oxygen atoms in total. The van der Waals surface area contributed by atoms with Crippen molar-refractivity contribution in [2.75, 3.05) is 19.8 Å². The third kappa shape index (κ3) is 11.4. The summed E-state index contributed by atoms with van der Waals surface area (Å²) in [5.74, 6) is 1.80. The van der Waals surface area contributed by atoms with Gasteiger partial charge in [0.05, 0.1) is 6.61 Å². The van der Waals surface area contributed by atoms with Crippen LogP contribution in [-0.4, -0.2) is 26.0 Å². The van der Waals surface area contributed by atoms with Gasteiger partial charge in [-0.1, -0.05) is 63.0 Å². The second-order valence-corrected chi connectivity index (χ2v) is 8.93. The molecule has 164 valence electrons. The molecule has 0 unspecified atom stereocenters. The van der Waals surface area contributed by atoms with Gasteiger partial charge in [-0.05, 0) is 61.4 Å². The first-order valence-electron chi connectivity index (χ1n) is 10.4. The second kappa shape index (κ2) is 13.8. The lowest BCUT2D eigenvalue weighted by Gasteiger charge is -2.17. The maximum atomic E-state index is 6.14. The fourth-order valence-electron chi connectivity index (χ4n) is 2.59. The van der Waals surface area contributed by atoms with E-state index in [4.69, 9.17) is 37.5 Å². The summed E-state index contributed by atoms with van der Waals surface area (Å²) in [4.78, 5) is 5.30. The summed E-state index contributed by atoms with van der Waals surface area (Å²) in [5, 5.41) is 4.01.